The summed E-state index contributed by atoms with van der Waals surface area (Å²) in [6.45, 7) is 0. The van der Waals surface area contributed by atoms with Crippen LogP contribution in [0.1, 0.15) is 0 Å². The number of hydrogen-bond acceptors (Lipinski definition) is 7. The van der Waals surface area contributed by atoms with Crippen molar-refractivity contribution in [1.29, 1.82) is 0 Å². The van der Waals surface area contributed by atoms with E-state index in [2.05, 4.69) is 5.43 Å². The number of thioether (sulfide) groups is 1. The minimum absolute atomic E-state index is 0.323. The number of fused-ring (bicyclic) bond motifs is 1. The summed E-state index contributed by atoms with van der Waals surface area (Å²) in [6, 6.07) is 0. The largest absolute Gasteiger partial charge is 0.269 e. The number of halogens is 2. The molecule has 2 aliphatic heterocycles. The molecule has 0 saturated heterocycles. The molecule has 0 aromatic rings. The van der Waals surface area contributed by atoms with Gasteiger partial charge in [-0.15, -0.1) is 0 Å². The molecule has 9 heteroatoms. The summed E-state index contributed by atoms with van der Waals surface area (Å²) in [5.41, 5.74) is 2.53. The number of hydrazine groups is 1. The molecule has 0 saturated carbocycles. The third-order valence-electron chi connectivity index (χ3n) is 1.24. The molecule has 2 rings (SSSR count). The summed E-state index contributed by atoms with van der Waals surface area (Å²) >= 11 is 1.56. The van der Waals surface area contributed by atoms with Crippen LogP contribution >= 0.6 is 11.8 Å². The molecule has 2 aliphatic rings. The highest BCUT2D eigenvalue weighted by molar-refractivity contribution is 8.06. The monoisotopic (exact) mass is 256 g/mol. The van der Waals surface area contributed by atoms with Gasteiger partial charge in [0.05, 0.1) is 19.9 Å². The van der Waals surface area contributed by atoms with Crippen LogP contribution in [0.5, 0.6) is 0 Å². The minimum atomic E-state index is -4.69. The van der Waals surface area contributed by atoms with Gasteiger partial charge in [0.25, 0.3) is 0 Å². The van der Waals surface area contributed by atoms with Crippen molar-refractivity contribution < 1.29 is 33.3 Å². The van der Waals surface area contributed by atoms with Crippen molar-refractivity contribution in [1.82, 2.24) is 10.4 Å². The predicted octanol–water partition coefficient (Wildman–Crippen LogP) is -2.45. The van der Waals surface area contributed by atoms with Crippen LogP contribution in [-0.4, -0.2) is 9.67 Å². The second-order valence-electron chi connectivity index (χ2n) is 2.30. The molecule has 6 nitrogen and oxygen atoms in total. The molecule has 0 spiro atoms. The normalized spacial score (nSPS) is 18.3. The highest BCUT2D eigenvalue weighted by atomic mass is 35.7. The summed E-state index contributed by atoms with van der Waals surface area (Å²) in [5.74, 6) is -0.323. The number of nitrogens with zero attached hydrogens (tertiary/aromatic N) is 1. The summed E-state index contributed by atoms with van der Waals surface area (Å²) < 4.78 is 45.2. The smallest absolute Gasteiger partial charge is 0.206 e. The van der Waals surface area contributed by atoms with Crippen molar-refractivity contribution in [2.75, 3.05) is 0 Å². The van der Waals surface area contributed by atoms with Gasteiger partial charge in [-0.25, -0.2) is 0 Å². The van der Waals surface area contributed by atoms with E-state index in [1.165, 1.54) is 6.08 Å². The van der Waals surface area contributed by atoms with Crippen LogP contribution in [0.25, 0.3) is 0 Å². The van der Waals surface area contributed by atoms with Gasteiger partial charge >= 0.3 is 0 Å². The fourth-order valence-electron chi connectivity index (χ4n) is 0.800. The molecule has 2 heterocycles. The van der Waals surface area contributed by atoms with Crippen molar-refractivity contribution in [2.24, 2.45) is 0 Å². The lowest BCUT2D eigenvalue weighted by Gasteiger charge is -2.20. The van der Waals surface area contributed by atoms with E-state index in [0.29, 0.717) is 0 Å². The third kappa shape index (κ3) is 5.02. The molecule has 0 amide bonds. The number of nitrogens with one attached hydrogen (secondary N) is 1. The lowest BCUT2D eigenvalue weighted by Crippen LogP contribution is -2.58. The molecule has 84 valence electrons. The fourth-order valence-corrected chi connectivity index (χ4v) is 1.49. The zero-order chi connectivity index (χ0) is 11.5. The second-order valence-corrected chi connectivity index (χ2v) is 4.02. The van der Waals surface area contributed by atoms with E-state index in [0.717, 1.165) is 5.03 Å². The fraction of sp³-hybridized carbons (Fsp3) is 0. The van der Waals surface area contributed by atoms with E-state index >= 15 is 0 Å². The Balaban J connectivity index is 0.000000195. The first-order valence-corrected chi connectivity index (χ1v) is 5.60. The van der Waals surface area contributed by atoms with Gasteiger partial charge in [0.2, 0.25) is 5.95 Å². The van der Waals surface area contributed by atoms with Crippen molar-refractivity contribution in [3.63, 3.8) is 0 Å². The van der Waals surface area contributed by atoms with E-state index in [1.54, 1.807) is 29.0 Å². The van der Waals surface area contributed by atoms with Gasteiger partial charge in [-0.3, -0.25) is 10.4 Å². The van der Waals surface area contributed by atoms with Crippen LogP contribution in [0.15, 0.2) is 34.7 Å². The number of allylic oxidation sites excluding steroid dienone is 2. The molecule has 0 aliphatic carbocycles. The SMILES string of the molecule is FC1=CC=C2SC=CN2N1.[O-][Cl+3]([O-])([O-])O. The van der Waals surface area contributed by atoms with Gasteiger partial charge in [0.1, 0.15) is 0 Å². The van der Waals surface area contributed by atoms with Crippen LogP contribution < -0.4 is 19.4 Å². The lowest BCUT2D eigenvalue weighted by atomic mass is 10.5. The highest BCUT2D eigenvalue weighted by Gasteiger charge is 2.15. The molecule has 0 aromatic carbocycles. The Bertz CT molecular complexity index is 322. The van der Waals surface area contributed by atoms with Crippen molar-refractivity contribution in [3.05, 3.63) is 34.7 Å². The Morgan fingerprint density at radius 3 is 2.60 bits per heavy atom. The minimum Gasteiger partial charge on any atom is -0.269 e. The summed E-state index contributed by atoms with van der Waals surface area (Å²) in [6.07, 6.45) is 4.92. The Kier molecular flexibility index (Phi) is 3.97. The summed E-state index contributed by atoms with van der Waals surface area (Å²) in [5, 5.41) is 4.53. The highest BCUT2D eigenvalue weighted by Crippen LogP contribution is 2.29. The predicted molar refractivity (Wildman–Crippen MR) is 41.2 cm³/mol. The van der Waals surface area contributed by atoms with Crippen LogP contribution in [0.3, 0.4) is 0 Å². The molecule has 0 atom stereocenters. The topological polar surface area (TPSA) is 105 Å². The van der Waals surface area contributed by atoms with Crippen LogP contribution in [-0.2, 0) is 0 Å². The van der Waals surface area contributed by atoms with Crippen molar-refractivity contribution >= 4 is 11.8 Å². The quantitative estimate of drug-likeness (QED) is 0.464. The van der Waals surface area contributed by atoms with E-state index in [1.807, 2.05) is 5.41 Å². The Hall–Kier alpha value is -0.770. The molecule has 15 heavy (non-hydrogen) atoms. The number of rotatable bonds is 0. The van der Waals surface area contributed by atoms with Gasteiger partial charge < -0.3 is 0 Å². The summed E-state index contributed by atoms with van der Waals surface area (Å²) in [7, 11) is -4.69. The van der Waals surface area contributed by atoms with E-state index in [4.69, 9.17) is 18.6 Å². The molecule has 0 fully saturated rings. The molecule has 0 radical (unpaired) electrons. The first-order chi connectivity index (χ1) is 6.86. The van der Waals surface area contributed by atoms with Crippen molar-refractivity contribution in [2.45, 2.75) is 0 Å². The lowest BCUT2D eigenvalue weighted by molar-refractivity contribution is -1.92. The molecular formula is C6H6ClFN2O4S. The Morgan fingerprint density at radius 2 is 2.00 bits per heavy atom. The molecule has 0 aromatic heterocycles. The zero-order valence-electron chi connectivity index (χ0n) is 7.09. The Labute approximate surface area is 90.7 Å². The Morgan fingerprint density at radius 1 is 1.40 bits per heavy atom. The second kappa shape index (κ2) is 4.84. The van der Waals surface area contributed by atoms with E-state index in [9.17, 15) is 4.39 Å². The van der Waals surface area contributed by atoms with Crippen LogP contribution in [0.2, 0.25) is 0 Å². The van der Waals surface area contributed by atoms with Crippen molar-refractivity contribution in [3.8, 4) is 0 Å². The van der Waals surface area contributed by atoms with E-state index < -0.39 is 10.2 Å². The molecule has 0 unspecified atom stereocenters. The maximum atomic E-state index is 12.4. The summed E-state index contributed by atoms with van der Waals surface area (Å²) in [4.78, 5) is 0. The van der Waals surface area contributed by atoms with Gasteiger partial charge in [-0.1, -0.05) is 11.8 Å². The standard InChI is InChI=1S/C6H5FN2S.ClHO4/c7-5-1-2-6-9(8-5)3-4-10-6;2-1(3,4)5/h1-4,8H;(H,2,3,4,5). The first-order valence-electron chi connectivity index (χ1n) is 3.46. The van der Waals surface area contributed by atoms with Gasteiger partial charge in [-0.05, 0) is 17.6 Å². The average Bonchev–Trinajstić information content (AvgIpc) is 2.47. The third-order valence-corrected chi connectivity index (χ3v) is 2.07. The average molecular weight is 257 g/mol. The molecular weight excluding hydrogens is 251 g/mol. The van der Waals surface area contributed by atoms with E-state index in [-0.39, 0.29) is 5.95 Å². The first kappa shape index (κ1) is 12.3. The molecule has 0 bridgehead atoms. The van der Waals surface area contributed by atoms with Gasteiger partial charge in [0.15, 0.2) is 0 Å². The molecule has 2 N–H and O–H groups in total. The van der Waals surface area contributed by atoms with Crippen LogP contribution in [0.4, 0.5) is 4.39 Å². The zero-order valence-corrected chi connectivity index (χ0v) is 8.67. The van der Waals surface area contributed by atoms with Gasteiger partial charge in [0, 0.05) is 6.20 Å². The maximum absolute atomic E-state index is 12.4. The van der Waals surface area contributed by atoms with Crippen LogP contribution in [0, 0.1) is 10.2 Å². The number of hydrogen-bond donors (Lipinski definition) is 2. The van der Waals surface area contributed by atoms with Gasteiger partial charge in [-0.2, -0.15) is 18.4 Å². The maximum Gasteiger partial charge on any atom is 0.206 e.